The summed E-state index contributed by atoms with van der Waals surface area (Å²) in [4.78, 5) is 9.87. The van der Waals surface area contributed by atoms with E-state index < -0.39 is 0 Å². The fourth-order valence-corrected chi connectivity index (χ4v) is 4.95. The Bertz CT molecular complexity index is 1020. The van der Waals surface area contributed by atoms with Crippen molar-refractivity contribution in [2.45, 2.75) is 12.0 Å². The summed E-state index contributed by atoms with van der Waals surface area (Å²) in [6.45, 7) is 2.96. The van der Waals surface area contributed by atoms with Gasteiger partial charge in [-0.2, -0.15) is 0 Å². The van der Waals surface area contributed by atoms with Gasteiger partial charge in [-0.15, -0.1) is 0 Å². The third kappa shape index (κ3) is 1.62. The fraction of sp³-hybridized carbons (Fsp3) is 0.227. The van der Waals surface area contributed by atoms with Gasteiger partial charge in [-0.25, -0.2) is 0 Å². The zero-order valence-corrected chi connectivity index (χ0v) is 14.5. The highest BCUT2D eigenvalue weighted by atomic mass is 15.5. The Balaban J connectivity index is 1.72. The first-order valence-corrected chi connectivity index (χ1v) is 9.32. The molecule has 4 nitrogen and oxygen atoms in total. The molecule has 4 heterocycles. The van der Waals surface area contributed by atoms with E-state index in [9.17, 15) is 0 Å². The van der Waals surface area contributed by atoms with Crippen molar-refractivity contribution >= 4 is 11.6 Å². The van der Waals surface area contributed by atoms with Crippen molar-refractivity contribution in [3.63, 3.8) is 0 Å². The summed E-state index contributed by atoms with van der Waals surface area (Å²) < 4.78 is 2.37. The predicted octanol–water partition coefficient (Wildman–Crippen LogP) is 3.62. The largest absolute Gasteiger partial charge is 0.341 e. The average molecular weight is 340 g/mol. The second kappa shape index (κ2) is 5.01. The molecule has 1 aromatic heterocycles. The van der Waals surface area contributed by atoms with Gasteiger partial charge in [-0.05, 0) is 36.2 Å². The second-order valence-corrected chi connectivity index (χ2v) is 7.23. The molecule has 0 aliphatic carbocycles. The maximum absolute atomic E-state index is 4.93. The Morgan fingerprint density at radius 3 is 2.50 bits per heavy atom. The Labute approximate surface area is 153 Å². The van der Waals surface area contributed by atoms with Crippen molar-refractivity contribution in [1.82, 2.24) is 9.47 Å². The lowest BCUT2D eigenvalue weighted by Crippen LogP contribution is -2.62. The molecule has 0 saturated carbocycles. The molecule has 0 spiro atoms. The standard InChI is InChI=1S/C22H20N4/c1-2-7-17(8-3-1)22-12-15-24-16-13-23-21(24)26(22)19-10-5-4-9-18(19)25-14-6-11-20(22)25/h1-11,14H,12-13,15-16H2. The molecule has 3 aliphatic heterocycles. The van der Waals surface area contributed by atoms with Crippen molar-refractivity contribution in [3.8, 4) is 5.69 Å². The molecule has 1 saturated heterocycles. The molecule has 6 rings (SSSR count). The van der Waals surface area contributed by atoms with Crippen LogP contribution in [0.25, 0.3) is 5.69 Å². The van der Waals surface area contributed by atoms with Gasteiger partial charge in [0.1, 0.15) is 5.54 Å². The van der Waals surface area contributed by atoms with Crippen molar-refractivity contribution in [2.24, 2.45) is 4.99 Å². The Hall–Kier alpha value is -3.01. The van der Waals surface area contributed by atoms with Crippen LogP contribution < -0.4 is 4.90 Å². The van der Waals surface area contributed by atoms with Gasteiger partial charge in [-0.3, -0.25) is 9.89 Å². The van der Waals surface area contributed by atoms with E-state index >= 15 is 0 Å². The summed E-state index contributed by atoms with van der Waals surface area (Å²) in [5, 5.41) is 0. The molecule has 1 fully saturated rings. The number of rotatable bonds is 1. The van der Waals surface area contributed by atoms with Crippen LogP contribution in [0.3, 0.4) is 0 Å². The summed E-state index contributed by atoms with van der Waals surface area (Å²) in [6.07, 6.45) is 3.24. The summed E-state index contributed by atoms with van der Waals surface area (Å²) >= 11 is 0. The zero-order valence-electron chi connectivity index (χ0n) is 14.5. The lowest BCUT2D eigenvalue weighted by atomic mass is 9.78. The second-order valence-electron chi connectivity index (χ2n) is 7.23. The maximum atomic E-state index is 4.93. The molecule has 1 atom stereocenters. The predicted molar refractivity (Wildman–Crippen MR) is 104 cm³/mol. The highest BCUT2D eigenvalue weighted by Gasteiger charge is 2.52. The van der Waals surface area contributed by atoms with Crippen LogP contribution in [0.2, 0.25) is 0 Å². The average Bonchev–Trinajstić information content (AvgIpc) is 3.38. The third-order valence-electron chi connectivity index (χ3n) is 6.04. The van der Waals surface area contributed by atoms with Gasteiger partial charge >= 0.3 is 0 Å². The SMILES string of the molecule is c1ccc(C23CCN4CCN=C4N2c2ccccc2-n2cccc23)cc1. The number of para-hydroxylation sites is 2. The number of hydrogen-bond acceptors (Lipinski definition) is 3. The minimum atomic E-state index is -0.210. The molecule has 3 aliphatic rings. The van der Waals surface area contributed by atoms with Gasteiger partial charge in [0.25, 0.3) is 0 Å². The van der Waals surface area contributed by atoms with Gasteiger partial charge in [0.15, 0.2) is 0 Å². The van der Waals surface area contributed by atoms with E-state index in [4.69, 9.17) is 4.99 Å². The van der Waals surface area contributed by atoms with Crippen molar-refractivity contribution < 1.29 is 0 Å². The lowest BCUT2D eigenvalue weighted by Gasteiger charge is -2.54. The number of benzene rings is 2. The molecule has 2 aromatic carbocycles. The molecule has 0 radical (unpaired) electrons. The van der Waals surface area contributed by atoms with Gasteiger partial charge in [0.05, 0.1) is 23.6 Å². The minimum Gasteiger partial charge on any atom is -0.341 e. The third-order valence-corrected chi connectivity index (χ3v) is 6.04. The number of guanidine groups is 1. The zero-order chi connectivity index (χ0) is 17.1. The Morgan fingerprint density at radius 2 is 1.62 bits per heavy atom. The first kappa shape index (κ1) is 14.2. The van der Waals surface area contributed by atoms with Gasteiger partial charge in [-0.1, -0.05) is 42.5 Å². The molecule has 0 N–H and O–H groups in total. The normalized spacial score (nSPS) is 23.0. The first-order chi connectivity index (χ1) is 12.9. The van der Waals surface area contributed by atoms with E-state index in [0.29, 0.717) is 0 Å². The summed E-state index contributed by atoms with van der Waals surface area (Å²) in [6, 6.07) is 24.1. The topological polar surface area (TPSA) is 23.8 Å². The van der Waals surface area contributed by atoms with Gasteiger partial charge in [0.2, 0.25) is 5.96 Å². The number of anilines is 1. The van der Waals surface area contributed by atoms with Crippen LogP contribution in [0.15, 0.2) is 77.9 Å². The van der Waals surface area contributed by atoms with Crippen LogP contribution in [0.1, 0.15) is 17.7 Å². The monoisotopic (exact) mass is 340 g/mol. The minimum absolute atomic E-state index is 0.210. The summed E-state index contributed by atoms with van der Waals surface area (Å²) in [5.41, 5.74) is 4.93. The summed E-state index contributed by atoms with van der Waals surface area (Å²) in [7, 11) is 0. The van der Waals surface area contributed by atoms with Crippen LogP contribution in [0.5, 0.6) is 0 Å². The van der Waals surface area contributed by atoms with Crippen molar-refractivity contribution in [3.05, 3.63) is 84.2 Å². The number of hydrogen-bond donors (Lipinski definition) is 0. The van der Waals surface area contributed by atoms with Crippen LogP contribution in [-0.2, 0) is 5.54 Å². The van der Waals surface area contributed by atoms with E-state index in [1.54, 1.807) is 0 Å². The van der Waals surface area contributed by atoms with Crippen LogP contribution in [0, 0.1) is 0 Å². The van der Waals surface area contributed by atoms with E-state index in [1.807, 2.05) is 0 Å². The first-order valence-electron chi connectivity index (χ1n) is 9.32. The smallest absolute Gasteiger partial charge is 0.202 e. The quantitative estimate of drug-likeness (QED) is 0.676. The fourth-order valence-electron chi connectivity index (χ4n) is 4.95. The Kier molecular flexibility index (Phi) is 2.73. The lowest BCUT2D eigenvalue weighted by molar-refractivity contribution is 0.317. The van der Waals surface area contributed by atoms with Gasteiger partial charge in [0, 0.05) is 19.3 Å². The number of fused-ring (bicyclic) bond motifs is 8. The Morgan fingerprint density at radius 1 is 0.808 bits per heavy atom. The van der Waals surface area contributed by atoms with Crippen molar-refractivity contribution in [1.29, 1.82) is 0 Å². The molecule has 0 bridgehead atoms. The summed E-state index contributed by atoms with van der Waals surface area (Å²) in [5.74, 6) is 1.13. The number of aromatic nitrogens is 1. The molecule has 26 heavy (non-hydrogen) atoms. The van der Waals surface area contributed by atoms with Crippen molar-refractivity contribution in [2.75, 3.05) is 24.5 Å². The molecule has 128 valence electrons. The molecule has 0 amide bonds. The highest BCUT2D eigenvalue weighted by molar-refractivity contribution is 6.02. The van der Waals surface area contributed by atoms with Crippen LogP contribution in [0.4, 0.5) is 5.69 Å². The molecule has 3 aromatic rings. The number of nitrogens with zero attached hydrogens (tertiary/aromatic N) is 4. The number of aliphatic imine (C=N–C) groups is 1. The van der Waals surface area contributed by atoms with E-state index in [1.165, 1.54) is 22.6 Å². The van der Waals surface area contributed by atoms with E-state index in [0.717, 1.165) is 32.0 Å². The molecule has 4 heteroatoms. The van der Waals surface area contributed by atoms with Crippen LogP contribution >= 0.6 is 0 Å². The highest BCUT2D eigenvalue weighted by Crippen LogP contribution is 2.51. The van der Waals surface area contributed by atoms with E-state index in [2.05, 4.69) is 87.3 Å². The molecule has 1 unspecified atom stereocenters. The molecular formula is C22H20N4. The van der Waals surface area contributed by atoms with Crippen LogP contribution in [-0.4, -0.2) is 35.1 Å². The maximum Gasteiger partial charge on any atom is 0.202 e. The van der Waals surface area contributed by atoms with E-state index in [-0.39, 0.29) is 5.54 Å². The molecular weight excluding hydrogens is 320 g/mol. The van der Waals surface area contributed by atoms with Gasteiger partial charge < -0.3 is 9.47 Å².